The van der Waals surface area contributed by atoms with Crippen LogP contribution >= 0.6 is 0 Å². The summed E-state index contributed by atoms with van der Waals surface area (Å²) >= 11 is 0. The van der Waals surface area contributed by atoms with Crippen LogP contribution in [0.3, 0.4) is 0 Å². The molecule has 28 heavy (non-hydrogen) atoms. The molecule has 8 heteroatoms. The number of benzene rings is 1. The predicted octanol–water partition coefficient (Wildman–Crippen LogP) is 4.60. The Morgan fingerprint density at radius 3 is 2.82 bits per heavy atom. The number of carbonyl (C=O) groups excluding carboxylic acids is 1. The van der Waals surface area contributed by atoms with Gasteiger partial charge in [-0.3, -0.25) is 9.67 Å². The lowest BCUT2D eigenvalue weighted by molar-refractivity contribution is -0.0498. The van der Waals surface area contributed by atoms with Gasteiger partial charge >= 0.3 is 12.6 Å². The summed E-state index contributed by atoms with van der Waals surface area (Å²) in [5.41, 5.74) is 2.88. The largest absolute Gasteiger partial charge is 0.462 e. The van der Waals surface area contributed by atoms with Gasteiger partial charge < -0.3 is 9.47 Å². The van der Waals surface area contributed by atoms with Crippen LogP contribution in [-0.2, 0) is 4.74 Å². The van der Waals surface area contributed by atoms with E-state index < -0.39 is 12.6 Å². The van der Waals surface area contributed by atoms with Gasteiger partial charge in [-0.05, 0) is 44.4 Å². The Morgan fingerprint density at radius 2 is 2.14 bits per heavy atom. The Kier molecular flexibility index (Phi) is 4.93. The third-order valence-electron chi connectivity index (χ3n) is 4.81. The van der Waals surface area contributed by atoms with E-state index in [-0.39, 0.29) is 18.4 Å². The van der Waals surface area contributed by atoms with Crippen molar-refractivity contribution in [2.24, 2.45) is 0 Å². The molecule has 1 aliphatic carbocycles. The summed E-state index contributed by atoms with van der Waals surface area (Å²) in [6.07, 6.45) is 4.56. The molecule has 0 saturated heterocycles. The zero-order valence-corrected chi connectivity index (χ0v) is 15.3. The number of ether oxygens (including phenoxy) is 2. The summed E-state index contributed by atoms with van der Waals surface area (Å²) in [5, 5.41) is 4.71. The summed E-state index contributed by atoms with van der Waals surface area (Å²) in [5.74, 6) is -0.380. The quantitative estimate of drug-likeness (QED) is 0.578. The zero-order chi connectivity index (χ0) is 19.7. The van der Waals surface area contributed by atoms with E-state index in [4.69, 9.17) is 9.84 Å². The molecule has 0 spiro atoms. The van der Waals surface area contributed by atoms with Crippen molar-refractivity contribution in [3.05, 3.63) is 42.1 Å². The second-order valence-electron chi connectivity index (χ2n) is 6.60. The molecule has 0 aliphatic heterocycles. The van der Waals surface area contributed by atoms with Crippen molar-refractivity contribution in [1.29, 1.82) is 0 Å². The highest BCUT2D eigenvalue weighted by Crippen LogP contribution is 2.37. The molecule has 0 amide bonds. The Balaban J connectivity index is 1.82. The normalized spacial score (nSPS) is 14.3. The number of nitrogens with zero attached hydrogens (tertiary/aromatic N) is 3. The lowest BCUT2D eigenvalue weighted by atomic mass is 9.93. The molecule has 1 fully saturated rings. The minimum absolute atomic E-state index is 0.0574. The van der Waals surface area contributed by atoms with E-state index in [1.807, 2.05) is 4.68 Å². The van der Waals surface area contributed by atoms with E-state index in [9.17, 15) is 13.6 Å². The van der Waals surface area contributed by atoms with Crippen LogP contribution in [0.4, 0.5) is 8.78 Å². The molecule has 1 aliphatic rings. The number of fused-ring (bicyclic) bond motifs is 1. The molecule has 2 heterocycles. The van der Waals surface area contributed by atoms with E-state index in [0.717, 1.165) is 24.8 Å². The minimum Gasteiger partial charge on any atom is -0.462 e. The van der Waals surface area contributed by atoms with E-state index >= 15 is 0 Å². The van der Waals surface area contributed by atoms with Crippen molar-refractivity contribution in [3.8, 4) is 17.0 Å². The Morgan fingerprint density at radius 1 is 1.32 bits per heavy atom. The number of hydrogen-bond donors (Lipinski definition) is 0. The average molecular weight is 387 g/mol. The van der Waals surface area contributed by atoms with E-state index in [0.29, 0.717) is 22.3 Å². The van der Waals surface area contributed by atoms with Gasteiger partial charge in [0.1, 0.15) is 17.0 Å². The number of aromatic nitrogens is 3. The highest BCUT2D eigenvalue weighted by Gasteiger charge is 2.26. The van der Waals surface area contributed by atoms with Crippen molar-refractivity contribution >= 4 is 17.0 Å². The lowest BCUT2D eigenvalue weighted by Gasteiger charge is -2.26. The fourth-order valence-electron chi connectivity index (χ4n) is 3.27. The maximum absolute atomic E-state index is 12.6. The van der Waals surface area contributed by atoms with Crippen LogP contribution in [0.15, 0.2) is 36.5 Å². The SMILES string of the molecule is CCOC(=O)c1cnc2c(-c3cccc(OC(F)F)c3)nn(C3CCC3)c2c1. The van der Waals surface area contributed by atoms with Crippen molar-refractivity contribution < 1.29 is 23.0 Å². The van der Waals surface area contributed by atoms with Crippen LogP contribution in [0, 0.1) is 0 Å². The molecule has 3 aromatic rings. The maximum atomic E-state index is 12.6. The smallest absolute Gasteiger partial charge is 0.387 e. The standard InChI is InChI=1S/C20H19F2N3O3/c1-2-27-19(26)13-10-16-18(23-11-13)17(24-25(16)14-6-4-7-14)12-5-3-8-15(9-12)28-20(21)22/h3,5,8-11,14,20H,2,4,6-7H2,1H3. The zero-order valence-electron chi connectivity index (χ0n) is 15.3. The number of esters is 1. The highest BCUT2D eigenvalue weighted by atomic mass is 19.3. The van der Waals surface area contributed by atoms with Gasteiger partial charge in [0.2, 0.25) is 0 Å². The summed E-state index contributed by atoms with van der Waals surface area (Å²) in [7, 11) is 0. The van der Waals surface area contributed by atoms with E-state index in [1.54, 1.807) is 25.1 Å². The van der Waals surface area contributed by atoms with Crippen LogP contribution in [0.25, 0.3) is 22.3 Å². The van der Waals surface area contributed by atoms with Crippen LogP contribution in [0.2, 0.25) is 0 Å². The van der Waals surface area contributed by atoms with Crippen molar-refractivity contribution in [2.45, 2.75) is 38.8 Å². The van der Waals surface area contributed by atoms with E-state index in [2.05, 4.69) is 9.72 Å². The van der Waals surface area contributed by atoms with E-state index in [1.165, 1.54) is 18.3 Å². The van der Waals surface area contributed by atoms with Gasteiger partial charge in [0, 0.05) is 11.8 Å². The number of halogens is 2. The van der Waals surface area contributed by atoms with Gasteiger partial charge in [-0.1, -0.05) is 12.1 Å². The fraction of sp³-hybridized carbons (Fsp3) is 0.350. The molecule has 4 rings (SSSR count). The van der Waals surface area contributed by atoms with Crippen molar-refractivity contribution in [3.63, 3.8) is 0 Å². The second-order valence-corrected chi connectivity index (χ2v) is 6.60. The minimum atomic E-state index is -2.90. The molecule has 2 aromatic heterocycles. The first kappa shape index (κ1) is 18.3. The van der Waals surface area contributed by atoms with Gasteiger partial charge in [0.15, 0.2) is 0 Å². The van der Waals surface area contributed by atoms with Crippen LogP contribution < -0.4 is 4.74 Å². The molecular weight excluding hydrogens is 368 g/mol. The Hall–Kier alpha value is -3.03. The lowest BCUT2D eigenvalue weighted by Crippen LogP contribution is -2.18. The topological polar surface area (TPSA) is 66.2 Å². The molecule has 1 saturated carbocycles. The fourth-order valence-corrected chi connectivity index (χ4v) is 3.27. The molecule has 0 atom stereocenters. The van der Waals surface area contributed by atoms with Crippen molar-refractivity contribution in [1.82, 2.24) is 14.8 Å². The molecular formula is C20H19F2N3O3. The second kappa shape index (κ2) is 7.53. The molecule has 0 radical (unpaired) electrons. The first-order valence-corrected chi connectivity index (χ1v) is 9.17. The first-order valence-electron chi connectivity index (χ1n) is 9.17. The number of pyridine rings is 1. The molecule has 0 N–H and O–H groups in total. The Labute approximate surface area is 160 Å². The average Bonchev–Trinajstić information content (AvgIpc) is 2.99. The van der Waals surface area contributed by atoms with Crippen LogP contribution in [0.5, 0.6) is 5.75 Å². The third-order valence-corrected chi connectivity index (χ3v) is 4.81. The Bertz CT molecular complexity index is 1020. The maximum Gasteiger partial charge on any atom is 0.387 e. The van der Waals surface area contributed by atoms with Gasteiger partial charge in [-0.2, -0.15) is 13.9 Å². The van der Waals surface area contributed by atoms with Gasteiger partial charge in [0.05, 0.1) is 23.7 Å². The highest BCUT2D eigenvalue weighted by molar-refractivity contribution is 5.96. The third kappa shape index (κ3) is 3.42. The molecule has 0 unspecified atom stereocenters. The molecule has 0 bridgehead atoms. The number of carbonyl (C=O) groups is 1. The van der Waals surface area contributed by atoms with Gasteiger partial charge in [-0.25, -0.2) is 4.79 Å². The molecule has 6 nitrogen and oxygen atoms in total. The summed E-state index contributed by atoms with van der Waals surface area (Å²) < 4.78 is 36.6. The monoisotopic (exact) mass is 387 g/mol. The van der Waals surface area contributed by atoms with Crippen LogP contribution in [0.1, 0.15) is 42.6 Å². The van der Waals surface area contributed by atoms with Crippen molar-refractivity contribution in [2.75, 3.05) is 6.61 Å². The van der Waals surface area contributed by atoms with Gasteiger partial charge in [0.25, 0.3) is 0 Å². The summed E-state index contributed by atoms with van der Waals surface area (Å²) in [6.45, 7) is -0.875. The van der Waals surface area contributed by atoms with Crippen LogP contribution in [-0.4, -0.2) is 34.0 Å². The predicted molar refractivity (Wildman–Crippen MR) is 98.4 cm³/mol. The van der Waals surface area contributed by atoms with Gasteiger partial charge in [-0.15, -0.1) is 0 Å². The number of alkyl halides is 2. The molecule has 1 aromatic carbocycles. The summed E-state index contributed by atoms with van der Waals surface area (Å²) in [6, 6.07) is 8.35. The molecule has 146 valence electrons. The number of hydrogen-bond acceptors (Lipinski definition) is 5. The number of rotatable bonds is 6. The summed E-state index contributed by atoms with van der Waals surface area (Å²) in [4.78, 5) is 16.5. The first-order chi connectivity index (χ1) is 13.6.